The molecule has 10 heteroatoms. The van der Waals surface area contributed by atoms with Gasteiger partial charge in [-0.2, -0.15) is 5.26 Å². The number of hydrogen-bond acceptors (Lipinski definition) is 7. The van der Waals surface area contributed by atoms with Gasteiger partial charge < -0.3 is 29.9 Å². The Morgan fingerprint density at radius 3 is 2.75 bits per heavy atom. The summed E-state index contributed by atoms with van der Waals surface area (Å²) in [4.78, 5) is 22.0. The lowest BCUT2D eigenvalue weighted by Gasteiger charge is -2.44. The van der Waals surface area contributed by atoms with E-state index in [-0.39, 0.29) is 19.3 Å². The number of piperazine rings is 1. The van der Waals surface area contributed by atoms with Crippen LogP contribution in [0.5, 0.6) is 0 Å². The molecule has 1 aliphatic heterocycles. The highest BCUT2D eigenvalue weighted by molar-refractivity contribution is 5.90. The maximum absolute atomic E-state index is 9.34. The van der Waals surface area contributed by atoms with Crippen LogP contribution >= 0.6 is 0 Å². The van der Waals surface area contributed by atoms with E-state index in [4.69, 9.17) is 5.26 Å². The highest BCUT2D eigenvalue weighted by Crippen LogP contribution is 2.27. The van der Waals surface area contributed by atoms with Gasteiger partial charge in [-0.1, -0.05) is 0 Å². The van der Waals surface area contributed by atoms with Crippen LogP contribution in [0.4, 0.5) is 5.82 Å². The number of aliphatic hydroxyl groups is 2. The summed E-state index contributed by atoms with van der Waals surface area (Å²) in [5.41, 5.74) is 1.92. The summed E-state index contributed by atoms with van der Waals surface area (Å²) in [6.45, 7) is 6.61. The van der Waals surface area contributed by atoms with Gasteiger partial charge in [0.15, 0.2) is 0 Å². The number of rotatable bonds is 5. The second kappa shape index (κ2) is 8.86. The monoisotopic (exact) mass is 386 g/mol. The van der Waals surface area contributed by atoms with E-state index in [1.165, 1.54) is 0 Å². The molecule has 0 aliphatic carbocycles. The van der Waals surface area contributed by atoms with Gasteiger partial charge in [0.1, 0.15) is 17.8 Å². The molecule has 0 saturated carbocycles. The predicted molar refractivity (Wildman–Crippen MR) is 106 cm³/mol. The Kier molecular flexibility index (Phi) is 6.28. The van der Waals surface area contributed by atoms with Crippen LogP contribution in [0.2, 0.25) is 0 Å². The van der Waals surface area contributed by atoms with E-state index >= 15 is 0 Å². The van der Waals surface area contributed by atoms with Crippen molar-refractivity contribution in [1.29, 1.82) is 5.26 Å². The molecule has 3 N–H and O–H groups in total. The van der Waals surface area contributed by atoms with Gasteiger partial charge >= 0.3 is 0 Å². The Balaban J connectivity index is 1.83. The number of guanidine groups is 1. The standard InChI is InChI=1S/C18H26N8O2/c1-13-9-20-16-15(13)17(23-12-22-16)25-3-4-26(14(2)10-25)18(21-11-19)24(5-7-27)6-8-28/h9,12,14,27-28H,3-8,10H2,1-2H3,(H,20,22,23)/t14-/m0/s1. The highest BCUT2D eigenvalue weighted by atomic mass is 16.3. The zero-order valence-electron chi connectivity index (χ0n) is 16.2. The van der Waals surface area contributed by atoms with Crippen LogP contribution in [0.1, 0.15) is 12.5 Å². The summed E-state index contributed by atoms with van der Waals surface area (Å²) in [7, 11) is 0. The van der Waals surface area contributed by atoms with Crippen LogP contribution in [-0.2, 0) is 0 Å². The number of aliphatic imine (C=N–C) groups is 1. The van der Waals surface area contributed by atoms with Crippen LogP contribution in [-0.4, -0.2) is 92.9 Å². The lowest BCUT2D eigenvalue weighted by molar-refractivity contribution is 0.184. The largest absolute Gasteiger partial charge is 0.395 e. The number of fused-ring (bicyclic) bond motifs is 1. The minimum absolute atomic E-state index is 0.0602. The average molecular weight is 386 g/mol. The summed E-state index contributed by atoms with van der Waals surface area (Å²) in [6, 6.07) is 0.0602. The molecule has 0 unspecified atom stereocenters. The Morgan fingerprint density at radius 1 is 1.36 bits per heavy atom. The first-order valence-electron chi connectivity index (χ1n) is 9.34. The van der Waals surface area contributed by atoms with Gasteiger partial charge in [0.25, 0.3) is 0 Å². The number of aryl methyl sites for hydroxylation is 1. The molecule has 2 aromatic heterocycles. The van der Waals surface area contributed by atoms with Gasteiger partial charge in [-0.15, -0.1) is 4.99 Å². The van der Waals surface area contributed by atoms with Crippen LogP contribution in [0, 0.1) is 18.4 Å². The smallest absolute Gasteiger partial charge is 0.213 e. The predicted octanol–water partition coefficient (Wildman–Crippen LogP) is -0.0995. The molecule has 0 radical (unpaired) electrons. The van der Waals surface area contributed by atoms with Crippen molar-refractivity contribution in [3.05, 3.63) is 18.1 Å². The molecule has 10 nitrogen and oxygen atoms in total. The van der Waals surface area contributed by atoms with Gasteiger partial charge in [0.05, 0.1) is 18.6 Å². The molecule has 3 rings (SSSR count). The molecule has 0 aromatic carbocycles. The molecule has 0 amide bonds. The summed E-state index contributed by atoms with van der Waals surface area (Å²) >= 11 is 0. The first-order chi connectivity index (χ1) is 13.6. The molecule has 1 fully saturated rings. The number of nitriles is 1. The Bertz CT molecular complexity index is 868. The van der Waals surface area contributed by atoms with Crippen molar-refractivity contribution in [3.63, 3.8) is 0 Å². The molecule has 1 aliphatic rings. The molecule has 150 valence electrons. The third-order valence-corrected chi connectivity index (χ3v) is 5.00. The number of H-pyrrole nitrogens is 1. The quantitative estimate of drug-likeness (QED) is 0.369. The number of aromatic amines is 1. The van der Waals surface area contributed by atoms with Crippen molar-refractivity contribution < 1.29 is 10.2 Å². The van der Waals surface area contributed by atoms with Crippen molar-refractivity contribution in [2.24, 2.45) is 4.99 Å². The van der Waals surface area contributed by atoms with E-state index in [0.717, 1.165) is 22.4 Å². The van der Waals surface area contributed by atoms with Gasteiger partial charge in [-0.3, -0.25) is 0 Å². The fourth-order valence-electron chi connectivity index (χ4n) is 3.70. The molecular formula is C18H26N8O2. The number of hydrogen-bond donors (Lipinski definition) is 3. The number of nitrogens with zero attached hydrogens (tertiary/aromatic N) is 7. The molecule has 1 saturated heterocycles. The fraction of sp³-hybridized carbons (Fsp3) is 0.556. The second-order valence-corrected chi connectivity index (χ2v) is 6.83. The summed E-state index contributed by atoms with van der Waals surface area (Å²) in [5.74, 6) is 1.39. The number of aliphatic hydroxyl groups excluding tert-OH is 2. The van der Waals surface area contributed by atoms with Gasteiger partial charge in [0, 0.05) is 45.0 Å². The van der Waals surface area contributed by atoms with Gasteiger partial charge in [-0.05, 0) is 19.4 Å². The SMILES string of the molecule is Cc1c[nH]c2ncnc(N3CCN(C(=NC#N)N(CCO)CCO)[C@@H](C)C3)c12. The Morgan fingerprint density at radius 2 is 2.11 bits per heavy atom. The molecule has 3 heterocycles. The molecule has 0 spiro atoms. The number of nitrogens with one attached hydrogen (secondary N) is 1. The van der Waals surface area contributed by atoms with E-state index < -0.39 is 0 Å². The zero-order valence-corrected chi connectivity index (χ0v) is 16.2. The lowest BCUT2D eigenvalue weighted by Crippen LogP contribution is -2.58. The summed E-state index contributed by atoms with van der Waals surface area (Å²) in [5, 5.41) is 28.8. The third kappa shape index (κ3) is 3.85. The molecule has 28 heavy (non-hydrogen) atoms. The highest BCUT2D eigenvalue weighted by Gasteiger charge is 2.30. The maximum Gasteiger partial charge on any atom is 0.213 e. The minimum Gasteiger partial charge on any atom is -0.395 e. The van der Waals surface area contributed by atoms with Crippen LogP contribution in [0.3, 0.4) is 0 Å². The van der Waals surface area contributed by atoms with Crippen LogP contribution in [0.25, 0.3) is 11.0 Å². The molecular weight excluding hydrogens is 360 g/mol. The van der Waals surface area contributed by atoms with E-state index in [9.17, 15) is 10.2 Å². The van der Waals surface area contributed by atoms with Crippen LogP contribution < -0.4 is 4.90 Å². The van der Waals surface area contributed by atoms with Crippen molar-refractivity contribution in [3.8, 4) is 6.19 Å². The lowest BCUT2D eigenvalue weighted by atomic mass is 10.1. The first kappa shape index (κ1) is 19.9. The van der Waals surface area contributed by atoms with E-state index in [1.807, 2.05) is 24.2 Å². The molecule has 0 bridgehead atoms. The van der Waals surface area contributed by atoms with Crippen molar-refractivity contribution >= 4 is 22.8 Å². The van der Waals surface area contributed by atoms with Crippen molar-refractivity contribution in [1.82, 2.24) is 24.8 Å². The van der Waals surface area contributed by atoms with E-state index in [2.05, 4.69) is 31.8 Å². The first-order valence-corrected chi connectivity index (χ1v) is 9.34. The van der Waals surface area contributed by atoms with E-state index in [0.29, 0.717) is 38.7 Å². The van der Waals surface area contributed by atoms with Crippen molar-refractivity contribution in [2.75, 3.05) is 50.8 Å². The van der Waals surface area contributed by atoms with E-state index in [1.54, 1.807) is 11.2 Å². The third-order valence-electron chi connectivity index (χ3n) is 5.00. The topological polar surface area (TPSA) is 128 Å². The average Bonchev–Trinajstić information content (AvgIpc) is 3.08. The zero-order chi connectivity index (χ0) is 20.1. The second-order valence-electron chi connectivity index (χ2n) is 6.83. The fourth-order valence-corrected chi connectivity index (χ4v) is 3.70. The van der Waals surface area contributed by atoms with Gasteiger partial charge in [-0.25, -0.2) is 9.97 Å². The van der Waals surface area contributed by atoms with Gasteiger partial charge in [0.2, 0.25) is 12.2 Å². The molecule has 1 atom stereocenters. The maximum atomic E-state index is 9.34. The van der Waals surface area contributed by atoms with Crippen molar-refractivity contribution in [2.45, 2.75) is 19.9 Å². The minimum atomic E-state index is -0.0789. The summed E-state index contributed by atoms with van der Waals surface area (Å²) in [6.07, 6.45) is 5.36. The Labute approximate surface area is 163 Å². The number of anilines is 1. The Hall–Kier alpha value is -2.90. The summed E-state index contributed by atoms with van der Waals surface area (Å²) < 4.78 is 0. The normalized spacial score (nSPS) is 17.8. The number of aromatic nitrogens is 3. The van der Waals surface area contributed by atoms with Crippen LogP contribution in [0.15, 0.2) is 17.5 Å². The molecule has 2 aromatic rings.